The number of pyridine rings is 1. The summed E-state index contributed by atoms with van der Waals surface area (Å²) >= 11 is 0. The van der Waals surface area contributed by atoms with Gasteiger partial charge in [0.2, 0.25) is 5.82 Å². The molecule has 2 rings (SSSR count). The lowest BCUT2D eigenvalue weighted by atomic mass is 9.98. The zero-order chi connectivity index (χ0) is 19.3. The molecule has 144 valence electrons. The third-order valence-corrected chi connectivity index (χ3v) is 4.58. The van der Waals surface area contributed by atoms with Crippen LogP contribution in [0, 0.1) is 16.0 Å². The predicted molar refractivity (Wildman–Crippen MR) is 97.6 cm³/mol. The van der Waals surface area contributed by atoms with Gasteiger partial charge in [0, 0.05) is 38.1 Å². The molecule has 8 heteroatoms. The zero-order valence-electron chi connectivity index (χ0n) is 15.6. The standard InChI is InChI=1S/C18H27N3O5/c1-12(2)11-20(15-4-6-26-7-5-15)18-16(21(24)25)9-14(10-19-18)13(3)8-17(22)23/h9-10,12-13,15H,4-8,11H2,1-3H3,(H,22,23). The van der Waals surface area contributed by atoms with E-state index in [0.29, 0.717) is 37.1 Å². The summed E-state index contributed by atoms with van der Waals surface area (Å²) in [5.41, 5.74) is 0.506. The van der Waals surface area contributed by atoms with Crippen LogP contribution in [0.1, 0.15) is 51.5 Å². The number of carboxylic acids is 1. The highest BCUT2D eigenvalue weighted by atomic mass is 16.6. The number of ether oxygens (including phenoxy) is 1. The van der Waals surface area contributed by atoms with Gasteiger partial charge in [-0.1, -0.05) is 20.8 Å². The molecule has 1 saturated heterocycles. The fraction of sp³-hybridized carbons (Fsp3) is 0.667. The van der Waals surface area contributed by atoms with Crippen LogP contribution in [-0.4, -0.2) is 46.8 Å². The molecule has 0 saturated carbocycles. The van der Waals surface area contributed by atoms with Crippen molar-refractivity contribution in [3.63, 3.8) is 0 Å². The van der Waals surface area contributed by atoms with Gasteiger partial charge >= 0.3 is 11.7 Å². The van der Waals surface area contributed by atoms with E-state index < -0.39 is 10.9 Å². The highest BCUT2D eigenvalue weighted by Crippen LogP contribution is 2.33. The number of nitrogens with zero attached hydrogens (tertiary/aromatic N) is 3. The molecule has 0 aromatic carbocycles. The van der Waals surface area contributed by atoms with Crippen molar-refractivity contribution < 1.29 is 19.6 Å². The fourth-order valence-electron chi connectivity index (χ4n) is 3.27. The predicted octanol–water partition coefficient (Wildman–Crippen LogP) is 3.21. The Bertz CT molecular complexity index is 644. The minimum atomic E-state index is -0.937. The van der Waals surface area contributed by atoms with Crippen molar-refractivity contribution in [2.24, 2.45) is 5.92 Å². The van der Waals surface area contributed by atoms with Crippen LogP contribution < -0.4 is 4.90 Å². The summed E-state index contributed by atoms with van der Waals surface area (Å²) in [6, 6.07) is 1.63. The number of aromatic nitrogens is 1. The molecule has 26 heavy (non-hydrogen) atoms. The van der Waals surface area contributed by atoms with Crippen LogP contribution in [0.3, 0.4) is 0 Å². The molecular weight excluding hydrogens is 338 g/mol. The third kappa shape index (κ3) is 5.14. The summed E-state index contributed by atoms with van der Waals surface area (Å²) < 4.78 is 5.42. The zero-order valence-corrected chi connectivity index (χ0v) is 15.6. The molecule has 1 aromatic heterocycles. The van der Waals surface area contributed by atoms with Crippen LogP contribution in [-0.2, 0) is 9.53 Å². The first-order chi connectivity index (χ1) is 12.3. The Morgan fingerprint density at radius 2 is 2.08 bits per heavy atom. The van der Waals surface area contributed by atoms with Crippen molar-refractivity contribution in [2.45, 2.75) is 52.0 Å². The average molecular weight is 365 g/mol. The molecule has 0 radical (unpaired) electrons. The molecule has 1 atom stereocenters. The molecule has 1 N–H and O–H groups in total. The minimum absolute atomic E-state index is 0.0631. The second-order valence-corrected chi connectivity index (χ2v) is 7.26. The Labute approximate surface area is 153 Å². The number of anilines is 1. The van der Waals surface area contributed by atoms with Gasteiger partial charge in [0.25, 0.3) is 0 Å². The third-order valence-electron chi connectivity index (χ3n) is 4.58. The van der Waals surface area contributed by atoms with Gasteiger partial charge in [0.05, 0.1) is 11.3 Å². The number of hydrogen-bond acceptors (Lipinski definition) is 6. The molecule has 0 bridgehead atoms. The van der Waals surface area contributed by atoms with Gasteiger partial charge in [-0.25, -0.2) is 4.98 Å². The van der Waals surface area contributed by atoms with Crippen LogP contribution in [0.4, 0.5) is 11.5 Å². The highest BCUT2D eigenvalue weighted by Gasteiger charge is 2.30. The van der Waals surface area contributed by atoms with Crippen molar-refractivity contribution in [1.29, 1.82) is 0 Å². The maximum Gasteiger partial charge on any atom is 0.311 e. The largest absolute Gasteiger partial charge is 0.481 e. The maximum absolute atomic E-state index is 11.7. The van der Waals surface area contributed by atoms with Gasteiger partial charge in [0.1, 0.15) is 0 Å². The summed E-state index contributed by atoms with van der Waals surface area (Å²) in [5, 5.41) is 20.7. The number of rotatable bonds is 8. The van der Waals surface area contributed by atoms with E-state index in [0.717, 1.165) is 12.8 Å². The van der Waals surface area contributed by atoms with Crippen LogP contribution in [0.15, 0.2) is 12.3 Å². The Morgan fingerprint density at radius 3 is 2.62 bits per heavy atom. The number of nitro groups is 1. The van der Waals surface area contributed by atoms with Crippen molar-refractivity contribution in [3.8, 4) is 0 Å². The van der Waals surface area contributed by atoms with Gasteiger partial charge in [-0.05, 0) is 30.2 Å². The normalized spacial score (nSPS) is 16.5. The van der Waals surface area contributed by atoms with Crippen LogP contribution >= 0.6 is 0 Å². The van der Waals surface area contributed by atoms with E-state index in [9.17, 15) is 14.9 Å². The maximum atomic E-state index is 11.7. The monoisotopic (exact) mass is 365 g/mol. The van der Waals surface area contributed by atoms with Gasteiger partial charge in [-0.15, -0.1) is 0 Å². The number of carbonyl (C=O) groups is 1. The van der Waals surface area contributed by atoms with E-state index in [2.05, 4.69) is 18.8 Å². The molecule has 0 amide bonds. The quantitative estimate of drug-likeness (QED) is 0.557. The molecule has 2 heterocycles. The molecule has 1 aromatic rings. The summed E-state index contributed by atoms with van der Waals surface area (Å²) in [5.74, 6) is -0.589. The Kier molecular flexibility index (Phi) is 6.90. The Morgan fingerprint density at radius 1 is 1.42 bits per heavy atom. The molecule has 0 aliphatic carbocycles. The van der Waals surface area contributed by atoms with E-state index in [1.807, 2.05) is 4.90 Å². The molecule has 8 nitrogen and oxygen atoms in total. The van der Waals surface area contributed by atoms with Gasteiger partial charge in [-0.3, -0.25) is 14.9 Å². The van der Waals surface area contributed by atoms with Crippen molar-refractivity contribution in [1.82, 2.24) is 4.98 Å². The average Bonchev–Trinajstić information content (AvgIpc) is 2.59. The van der Waals surface area contributed by atoms with E-state index in [1.165, 1.54) is 6.07 Å². The van der Waals surface area contributed by atoms with Gasteiger partial charge in [0.15, 0.2) is 0 Å². The summed E-state index contributed by atoms with van der Waals surface area (Å²) in [6.07, 6.45) is 3.10. The van der Waals surface area contributed by atoms with E-state index in [-0.39, 0.29) is 24.1 Å². The SMILES string of the molecule is CC(C)CN(c1ncc(C(C)CC(=O)O)cc1[N+](=O)[O-])C1CCOCC1. The second-order valence-electron chi connectivity index (χ2n) is 7.26. The van der Waals surface area contributed by atoms with Crippen LogP contribution in [0.5, 0.6) is 0 Å². The minimum Gasteiger partial charge on any atom is -0.481 e. The van der Waals surface area contributed by atoms with E-state index in [4.69, 9.17) is 9.84 Å². The number of carboxylic acid groups (broad SMARTS) is 1. The first-order valence-electron chi connectivity index (χ1n) is 9.00. The van der Waals surface area contributed by atoms with Crippen molar-refractivity contribution >= 4 is 17.5 Å². The summed E-state index contributed by atoms with van der Waals surface area (Å²) in [4.78, 5) is 28.6. The highest BCUT2D eigenvalue weighted by molar-refractivity contribution is 5.68. The fourth-order valence-corrected chi connectivity index (χ4v) is 3.27. The summed E-state index contributed by atoms with van der Waals surface area (Å²) in [7, 11) is 0. The Hall–Kier alpha value is -2.22. The molecule has 1 fully saturated rings. The molecule has 1 aliphatic rings. The lowest BCUT2D eigenvalue weighted by Gasteiger charge is -2.36. The van der Waals surface area contributed by atoms with E-state index >= 15 is 0 Å². The van der Waals surface area contributed by atoms with E-state index in [1.54, 1.807) is 13.1 Å². The van der Waals surface area contributed by atoms with Crippen molar-refractivity contribution in [2.75, 3.05) is 24.7 Å². The molecule has 0 spiro atoms. The smallest absolute Gasteiger partial charge is 0.311 e. The lowest BCUT2D eigenvalue weighted by Crippen LogP contribution is -2.42. The number of hydrogen-bond donors (Lipinski definition) is 1. The molecule has 1 unspecified atom stereocenters. The molecular formula is C18H27N3O5. The topological polar surface area (TPSA) is 106 Å². The second kappa shape index (κ2) is 8.93. The van der Waals surface area contributed by atoms with Crippen LogP contribution in [0.2, 0.25) is 0 Å². The van der Waals surface area contributed by atoms with Gasteiger partial charge < -0.3 is 14.7 Å². The van der Waals surface area contributed by atoms with Crippen molar-refractivity contribution in [3.05, 3.63) is 27.9 Å². The summed E-state index contributed by atoms with van der Waals surface area (Å²) in [6.45, 7) is 7.83. The first kappa shape index (κ1) is 20.1. The van der Waals surface area contributed by atoms with Gasteiger partial charge in [-0.2, -0.15) is 0 Å². The number of aliphatic carboxylic acids is 1. The first-order valence-corrected chi connectivity index (χ1v) is 9.00. The Balaban J connectivity index is 2.39. The molecule has 1 aliphatic heterocycles. The lowest BCUT2D eigenvalue weighted by molar-refractivity contribution is -0.384. The van der Waals surface area contributed by atoms with Crippen LogP contribution in [0.25, 0.3) is 0 Å².